The van der Waals surface area contributed by atoms with Crippen LogP contribution in [0.3, 0.4) is 0 Å². The second kappa shape index (κ2) is 5.94. The Labute approximate surface area is 98.9 Å². The lowest BCUT2D eigenvalue weighted by molar-refractivity contribution is 0.103. The van der Waals surface area contributed by atoms with Gasteiger partial charge in [-0.3, -0.25) is 4.79 Å². The van der Waals surface area contributed by atoms with Gasteiger partial charge >= 0.3 is 0 Å². The largest absolute Gasteiger partial charge is 0.500 e. The molecule has 82 valence electrons. The average Bonchev–Trinajstić information content (AvgIpc) is 2.30. The van der Waals surface area contributed by atoms with Crippen molar-refractivity contribution in [3.8, 4) is 6.07 Å². The maximum atomic E-state index is 11.8. The maximum absolute atomic E-state index is 11.8. The molecule has 0 unspecified atom stereocenters. The van der Waals surface area contributed by atoms with Gasteiger partial charge in [-0.2, -0.15) is 5.26 Å². The standard InChI is InChI=1S/C12H10ClNO2/c1-2-16-8-10(7-14)12(15)9-3-5-11(13)6-4-9/h3-6,8H,2H2,1H3/b10-8+. The Balaban J connectivity index is 2.93. The number of benzene rings is 1. The molecule has 3 nitrogen and oxygen atoms in total. The number of rotatable bonds is 4. The molecule has 1 rings (SSSR count). The second-order valence-electron chi connectivity index (χ2n) is 2.93. The van der Waals surface area contributed by atoms with Crippen molar-refractivity contribution < 1.29 is 9.53 Å². The van der Waals surface area contributed by atoms with Crippen molar-refractivity contribution in [2.45, 2.75) is 6.92 Å². The third-order valence-electron chi connectivity index (χ3n) is 1.84. The van der Waals surface area contributed by atoms with Crippen LogP contribution >= 0.6 is 11.6 Å². The number of hydrogen-bond acceptors (Lipinski definition) is 3. The zero-order valence-corrected chi connectivity index (χ0v) is 9.49. The number of carbonyl (C=O) groups excluding carboxylic acids is 1. The van der Waals surface area contributed by atoms with Gasteiger partial charge in [0.1, 0.15) is 17.9 Å². The Morgan fingerprint density at radius 3 is 2.62 bits per heavy atom. The van der Waals surface area contributed by atoms with Crippen molar-refractivity contribution in [2.75, 3.05) is 6.61 Å². The Kier molecular flexibility index (Phi) is 4.56. The molecule has 0 radical (unpaired) electrons. The summed E-state index contributed by atoms with van der Waals surface area (Å²) in [5.41, 5.74) is 0.390. The number of allylic oxidation sites excluding steroid dienone is 1. The van der Waals surface area contributed by atoms with Gasteiger partial charge in [-0.25, -0.2) is 0 Å². The lowest BCUT2D eigenvalue weighted by Gasteiger charge is -2.00. The molecule has 0 atom stereocenters. The van der Waals surface area contributed by atoms with Gasteiger partial charge in [0.25, 0.3) is 0 Å². The van der Waals surface area contributed by atoms with Crippen molar-refractivity contribution in [3.05, 3.63) is 46.7 Å². The number of ether oxygens (including phenoxy) is 1. The molecule has 0 aromatic heterocycles. The van der Waals surface area contributed by atoms with E-state index in [1.165, 1.54) is 6.26 Å². The monoisotopic (exact) mass is 235 g/mol. The van der Waals surface area contributed by atoms with Gasteiger partial charge in [-0.15, -0.1) is 0 Å². The van der Waals surface area contributed by atoms with Gasteiger partial charge in [0.15, 0.2) is 0 Å². The molecular weight excluding hydrogens is 226 g/mol. The molecule has 0 spiro atoms. The molecule has 1 aromatic rings. The first-order valence-corrected chi connectivity index (χ1v) is 5.09. The molecule has 0 heterocycles. The summed E-state index contributed by atoms with van der Waals surface area (Å²) in [5.74, 6) is -0.368. The predicted molar refractivity (Wildman–Crippen MR) is 61.1 cm³/mol. The van der Waals surface area contributed by atoms with Gasteiger partial charge in [0.2, 0.25) is 5.78 Å². The fourth-order valence-electron chi connectivity index (χ4n) is 1.05. The van der Waals surface area contributed by atoms with Crippen LogP contribution in [0.2, 0.25) is 5.02 Å². The summed E-state index contributed by atoms with van der Waals surface area (Å²) in [6.07, 6.45) is 1.18. The summed E-state index contributed by atoms with van der Waals surface area (Å²) in [4.78, 5) is 11.8. The topological polar surface area (TPSA) is 50.1 Å². The van der Waals surface area contributed by atoms with E-state index in [1.807, 2.05) is 0 Å². The smallest absolute Gasteiger partial charge is 0.206 e. The van der Waals surface area contributed by atoms with Crippen molar-refractivity contribution in [1.82, 2.24) is 0 Å². The minimum Gasteiger partial charge on any atom is -0.500 e. The second-order valence-corrected chi connectivity index (χ2v) is 3.37. The molecule has 0 aliphatic rings. The normalized spacial score (nSPS) is 10.7. The third kappa shape index (κ3) is 3.11. The zero-order valence-electron chi connectivity index (χ0n) is 8.74. The molecule has 4 heteroatoms. The summed E-state index contributed by atoms with van der Waals surface area (Å²) in [6.45, 7) is 2.19. The number of Topliss-reactive ketones (excluding diaryl/α,β-unsaturated/α-hetero) is 1. The van der Waals surface area contributed by atoms with E-state index >= 15 is 0 Å². The minimum absolute atomic E-state index is 0.0239. The highest BCUT2D eigenvalue weighted by molar-refractivity contribution is 6.30. The third-order valence-corrected chi connectivity index (χ3v) is 2.09. The van der Waals surface area contributed by atoms with Crippen molar-refractivity contribution in [3.63, 3.8) is 0 Å². The number of halogens is 1. The van der Waals surface area contributed by atoms with Gasteiger partial charge < -0.3 is 4.74 Å². The lowest BCUT2D eigenvalue weighted by atomic mass is 10.1. The molecule has 0 amide bonds. The molecule has 16 heavy (non-hydrogen) atoms. The zero-order chi connectivity index (χ0) is 12.0. The summed E-state index contributed by atoms with van der Waals surface area (Å²) in [6, 6.07) is 8.15. The molecule has 0 aliphatic carbocycles. The Morgan fingerprint density at radius 1 is 1.50 bits per heavy atom. The average molecular weight is 236 g/mol. The Hall–Kier alpha value is -1.79. The first-order valence-electron chi connectivity index (χ1n) is 4.71. The summed E-state index contributed by atoms with van der Waals surface area (Å²) in [5, 5.41) is 9.34. The van der Waals surface area contributed by atoms with E-state index in [-0.39, 0.29) is 11.4 Å². The molecule has 0 N–H and O–H groups in total. The van der Waals surface area contributed by atoms with Gasteiger partial charge in [0.05, 0.1) is 6.61 Å². The lowest BCUT2D eigenvalue weighted by Crippen LogP contribution is -2.02. The van der Waals surface area contributed by atoms with E-state index in [9.17, 15) is 4.79 Å². The van der Waals surface area contributed by atoms with Crippen LogP contribution < -0.4 is 0 Å². The number of nitrogens with zero attached hydrogens (tertiary/aromatic N) is 1. The quantitative estimate of drug-likeness (QED) is 0.349. The van der Waals surface area contributed by atoms with Crippen molar-refractivity contribution >= 4 is 17.4 Å². The van der Waals surface area contributed by atoms with E-state index in [4.69, 9.17) is 21.6 Å². The highest BCUT2D eigenvalue weighted by Gasteiger charge is 2.11. The van der Waals surface area contributed by atoms with Gasteiger partial charge in [-0.05, 0) is 31.2 Å². The fourth-order valence-corrected chi connectivity index (χ4v) is 1.18. The van der Waals surface area contributed by atoms with E-state index < -0.39 is 0 Å². The molecule has 0 fully saturated rings. The number of ketones is 1. The molecule has 0 saturated carbocycles. The van der Waals surface area contributed by atoms with E-state index in [0.717, 1.165) is 0 Å². The fraction of sp³-hybridized carbons (Fsp3) is 0.167. The highest BCUT2D eigenvalue weighted by atomic mass is 35.5. The summed E-state index contributed by atoms with van der Waals surface area (Å²) in [7, 11) is 0. The number of carbonyl (C=O) groups is 1. The van der Waals surface area contributed by atoms with Crippen LogP contribution in [-0.4, -0.2) is 12.4 Å². The molecule has 0 bridgehead atoms. The molecule has 0 aliphatic heterocycles. The summed E-state index contributed by atoms with van der Waals surface area (Å²) >= 11 is 5.70. The van der Waals surface area contributed by atoms with Crippen molar-refractivity contribution in [2.24, 2.45) is 0 Å². The Bertz CT molecular complexity index is 443. The van der Waals surface area contributed by atoms with Crippen molar-refractivity contribution in [1.29, 1.82) is 5.26 Å². The van der Waals surface area contributed by atoms with Crippen LogP contribution in [0.1, 0.15) is 17.3 Å². The van der Waals surface area contributed by atoms with Crippen LogP contribution in [0.5, 0.6) is 0 Å². The van der Waals surface area contributed by atoms with Crippen LogP contribution in [-0.2, 0) is 4.74 Å². The molecule has 0 saturated heterocycles. The predicted octanol–water partition coefficient (Wildman–Crippen LogP) is 2.97. The first kappa shape index (κ1) is 12.3. The number of nitriles is 1. The maximum Gasteiger partial charge on any atom is 0.206 e. The Morgan fingerprint density at radius 2 is 2.12 bits per heavy atom. The van der Waals surface area contributed by atoms with Crippen LogP contribution in [0.25, 0.3) is 0 Å². The van der Waals surface area contributed by atoms with Gasteiger partial charge in [-0.1, -0.05) is 11.6 Å². The number of hydrogen-bond donors (Lipinski definition) is 0. The summed E-state index contributed by atoms with van der Waals surface area (Å²) < 4.78 is 4.92. The van der Waals surface area contributed by atoms with E-state index in [1.54, 1.807) is 37.3 Å². The minimum atomic E-state index is -0.368. The first-order chi connectivity index (χ1) is 7.69. The van der Waals surface area contributed by atoms with Gasteiger partial charge in [0, 0.05) is 10.6 Å². The SMILES string of the molecule is CCO/C=C(\C#N)C(=O)c1ccc(Cl)cc1. The van der Waals surface area contributed by atoms with E-state index in [0.29, 0.717) is 17.2 Å². The molecule has 1 aromatic carbocycles. The van der Waals surface area contributed by atoms with Crippen LogP contribution in [0.15, 0.2) is 36.1 Å². The molecular formula is C12H10ClNO2. The highest BCUT2D eigenvalue weighted by Crippen LogP contribution is 2.13. The van der Waals surface area contributed by atoms with E-state index in [2.05, 4.69) is 0 Å². The van der Waals surface area contributed by atoms with Crippen LogP contribution in [0, 0.1) is 11.3 Å². The van der Waals surface area contributed by atoms with Crippen LogP contribution in [0.4, 0.5) is 0 Å².